The zero-order valence-corrected chi connectivity index (χ0v) is 12.1. The number of nitrogens with one attached hydrogen (secondary N) is 1. The number of nitriles is 1. The van der Waals surface area contributed by atoms with E-state index in [1.165, 1.54) is 32.4 Å². The van der Waals surface area contributed by atoms with Gasteiger partial charge in [0.1, 0.15) is 11.0 Å². The van der Waals surface area contributed by atoms with Gasteiger partial charge < -0.3 is 9.84 Å². The second-order valence-corrected chi connectivity index (χ2v) is 6.26. The van der Waals surface area contributed by atoms with Gasteiger partial charge in [-0.2, -0.15) is 5.26 Å². The molecular weight excluding hydrogens is 282 g/mol. The van der Waals surface area contributed by atoms with Crippen molar-refractivity contribution in [1.82, 2.24) is 9.71 Å². The molecule has 1 atom stereocenters. The van der Waals surface area contributed by atoms with Gasteiger partial charge in [0, 0.05) is 32.9 Å². The molecule has 2 N–H and O–H groups in total. The van der Waals surface area contributed by atoms with Gasteiger partial charge in [0.2, 0.25) is 10.0 Å². The van der Waals surface area contributed by atoms with Crippen molar-refractivity contribution in [3.8, 4) is 6.07 Å². The molecule has 0 bridgehead atoms. The number of aromatic nitrogens is 1. The highest BCUT2D eigenvalue weighted by atomic mass is 32.2. The van der Waals surface area contributed by atoms with Crippen molar-refractivity contribution >= 4 is 10.0 Å². The Morgan fingerprint density at radius 1 is 1.60 bits per heavy atom. The summed E-state index contributed by atoms with van der Waals surface area (Å²) in [4.78, 5) is 3.49. The lowest BCUT2D eigenvalue weighted by atomic mass is 10.0. The van der Waals surface area contributed by atoms with Gasteiger partial charge in [-0.05, 0) is 19.1 Å². The fourth-order valence-electron chi connectivity index (χ4n) is 1.43. The Morgan fingerprint density at radius 2 is 2.30 bits per heavy atom. The Bertz CT molecular complexity index is 593. The number of hydrogen-bond acceptors (Lipinski definition) is 6. The molecule has 0 amide bonds. The predicted molar refractivity (Wildman–Crippen MR) is 71.3 cm³/mol. The Morgan fingerprint density at radius 3 is 2.90 bits per heavy atom. The van der Waals surface area contributed by atoms with Gasteiger partial charge >= 0.3 is 0 Å². The van der Waals surface area contributed by atoms with Crippen LogP contribution in [0.2, 0.25) is 0 Å². The smallest absolute Gasteiger partial charge is 0.243 e. The lowest BCUT2D eigenvalue weighted by Gasteiger charge is -2.23. The lowest BCUT2D eigenvalue weighted by Crippen LogP contribution is -2.41. The van der Waals surface area contributed by atoms with E-state index in [0.29, 0.717) is 6.61 Å². The van der Waals surface area contributed by atoms with Gasteiger partial charge in [-0.1, -0.05) is 0 Å². The number of nitrogens with zero attached hydrogens (tertiary/aromatic N) is 2. The van der Waals surface area contributed by atoms with Crippen molar-refractivity contribution in [2.75, 3.05) is 20.3 Å². The van der Waals surface area contributed by atoms with Crippen LogP contribution in [0.5, 0.6) is 0 Å². The van der Waals surface area contributed by atoms with Crippen LogP contribution >= 0.6 is 0 Å². The summed E-state index contributed by atoms with van der Waals surface area (Å²) < 4.78 is 31.3. The average molecular weight is 299 g/mol. The largest absolute Gasteiger partial charge is 0.389 e. The number of aliphatic hydroxyl groups is 1. The Labute approximate surface area is 118 Å². The molecule has 1 aromatic heterocycles. The predicted octanol–water partition coefficient (Wildman–Crippen LogP) is 0.0191. The van der Waals surface area contributed by atoms with E-state index in [9.17, 15) is 13.5 Å². The molecule has 0 aliphatic rings. The number of hydrogen-bond donors (Lipinski definition) is 2. The van der Waals surface area contributed by atoms with Gasteiger partial charge in [0.05, 0.1) is 5.60 Å². The van der Waals surface area contributed by atoms with Crippen LogP contribution in [0.25, 0.3) is 0 Å². The average Bonchev–Trinajstić information content (AvgIpc) is 2.43. The second kappa shape index (κ2) is 6.76. The van der Waals surface area contributed by atoms with Crippen molar-refractivity contribution in [3.63, 3.8) is 0 Å². The van der Waals surface area contributed by atoms with Gasteiger partial charge in [-0.3, -0.25) is 0 Å². The third-order valence-electron chi connectivity index (χ3n) is 2.65. The molecule has 1 rings (SSSR count). The van der Waals surface area contributed by atoms with Crippen LogP contribution in [0.15, 0.2) is 23.2 Å². The molecule has 8 heteroatoms. The summed E-state index contributed by atoms with van der Waals surface area (Å²) >= 11 is 0. The van der Waals surface area contributed by atoms with E-state index in [1.54, 1.807) is 6.07 Å². The summed E-state index contributed by atoms with van der Waals surface area (Å²) in [5, 5.41) is 18.9. The van der Waals surface area contributed by atoms with Crippen LogP contribution in [-0.2, 0) is 14.8 Å². The topological polar surface area (TPSA) is 112 Å². The molecular formula is C12H17N3O4S. The maximum Gasteiger partial charge on any atom is 0.243 e. The minimum absolute atomic E-state index is 0.182. The van der Waals surface area contributed by atoms with E-state index in [4.69, 9.17) is 10.00 Å². The summed E-state index contributed by atoms with van der Waals surface area (Å²) in [5.74, 6) is 0. The molecule has 0 fully saturated rings. The molecule has 0 saturated carbocycles. The Kier molecular flexibility index (Phi) is 5.59. The normalized spacial score (nSPS) is 14.5. The molecule has 110 valence electrons. The van der Waals surface area contributed by atoms with E-state index in [0.717, 1.165) is 0 Å². The molecule has 1 heterocycles. The minimum atomic E-state index is -3.90. The molecule has 0 radical (unpaired) electrons. The highest BCUT2D eigenvalue weighted by molar-refractivity contribution is 7.89. The zero-order chi connectivity index (χ0) is 15.2. The monoisotopic (exact) mass is 299 g/mol. The first-order valence-corrected chi connectivity index (χ1v) is 7.37. The van der Waals surface area contributed by atoms with E-state index >= 15 is 0 Å². The Balaban J connectivity index is 2.84. The number of rotatable bonds is 7. The molecule has 0 saturated heterocycles. The number of methoxy groups -OCH3 is 1. The number of sulfonamides is 1. The maximum atomic E-state index is 12.1. The van der Waals surface area contributed by atoms with Crippen molar-refractivity contribution in [1.29, 1.82) is 5.26 Å². The minimum Gasteiger partial charge on any atom is -0.389 e. The van der Waals surface area contributed by atoms with Crippen LogP contribution in [0, 0.1) is 11.3 Å². The van der Waals surface area contributed by atoms with Crippen LogP contribution in [-0.4, -0.2) is 44.4 Å². The fourth-order valence-corrected chi connectivity index (χ4v) is 2.70. The first kappa shape index (κ1) is 16.5. The first-order valence-electron chi connectivity index (χ1n) is 5.88. The van der Waals surface area contributed by atoms with Crippen LogP contribution in [0.3, 0.4) is 0 Å². The lowest BCUT2D eigenvalue weighted by molar-refractivity contribution is 0.0292. The van der Waals surface area contributed by atoms with Gasteiger partial charge in [-0.15, -0.1) is 0 Å². The van der Waals surface area contributed by atoms with Crippen LogP contribution in [0.4, 0.5) is 0 Å². The van der Waals surface area contributed by atoms with E-state index < -0.39 is 15.6 Å². The number of pyridine rings is 1. The molecule has 0 aromatic carbocycles. The zero-order valence-electron chi connectivity index (χ0n) is 11.3. The fraction of sp³-hybridized carbons (Fsp3) is 0.500. The molecule has 0 aliphatic heterocycles. The van der Waals surface area contributed by atoms with E-state index in [-0.39, 0.29) is 23.6 Å². The summed E-state index contributed by atoms with van der Waals surface area (Å²) in [5.41, 5.74) is -1.42. The summed E-state index contributed by atoms with van der Waals surface area (Å²) in [7, 11) is -2.40. The first-order chi connectivity index (χ1) is 9.32. The molecule has 20 heavy (non-hydrogen) atoms. The van der Waals surface area contributed by atoms with Crippen molar-refractivity contribution in [2.24, 2.45) is 0 Å². The summed E-state index contributed by atoms with van der Waals surface area (Å²) in [6, 6.07) is 4.44. The Hall–Kier alpha value is -1.53. The second-order valence-electron chi connectivity index (χ2n) is 4.53. The summed E-state index contributed by atoms with van der Waals surface area (Å²) in [6.07, 6.45) is 1.62. The molecule has 1 unspecified atom stereocenters. The van der Waals surface area contributed by atoms with Crippen molar-refractivity contribution in [2.45, 2.75) is 23.8 Å². The van der Waals surface area contributed by atoms with Gasteiger partial charge in [-0.25, -0.2) is 18.1 Å². The third-order valence-corrected chi connectivity index (χ3v) is 4.09. The number of ether oxygens (including phenoxy) is 1. The van der Waals surface area contributed by atoms with Gasteiger partial charge in [0.15, 0.2) is 5.69 Å². The van der Waals surface area contributed by atoms with E-state index in [2.05, 4.69) is 9.71 Å². The molecule has 0 aliphatic carbocycles. The molecule has 1 aromatic rings. The standard InChI is InChI=1S/C12H17N3O4S/c1-12(16,5-7-19-2)9-15-20(17,18)11-4-3-6-14-10(11)8-13/h3-4,6,15-16H,5,7,9H2,1-2H3. The van der Waals surface area contributed by atoms with E-state index in [1.807, 2.05) is 0 Å². The highest BCUT2D eigenvalue weighted by Crippen LogP contribution is 2.14. The van der Waals surface area contributed by atoms with Crippen molar-refractivity contribution in [3.05, 3.63) is 24.0 Å². The highest BCUT2D eigenvalue weighted by Gasteiger charge is 2.25. The maximum absolute atomic E-state index is 12.1. The molecule has 7 nitrogen and oxygen atoms in total. The van der Waals surface area contributed by atoms with Crippen LogP contribution < -0.4 is 4.72 Å². The molecule has 0 spiro atoms. The van der Waals surface area contributed by atoms with Gasteiger partial charge in [0.25, 0.3) is 0 Å². The summed E-state index contributed by atoms with van der Waals surface area (Å²) in [6.45, 7) is 1.63. The van der Waals surface area contributed by atoms with Crippen LogP contribution in [0.1, 0.15) is 19.0 Å². The SMILES string of the molecule is COCCC(C)(O)CNS(=O)(=O)c1cccnc1C#N. The van der Waals surface area contributed by atoms with Crippen molar-refractivity contribution < 1.29 is 18.3 Å². The quantitative estimate of drug-likeness (QED) is 0.734. The third kappa shape index (κ3) is 4.54.